The van der Waals surface area contributed by atoms with Crippen LogP contribution in [0.2, 0.25) is 0 Å². The van der Waals surface area contributed by atoms with Gasteiger partial charge >= 0.3 is 0 Å². The van der Waals surface area contributed by atoms with Gasteiger partial charge in [-0.05, 0) is 34.2 Å². The van der Waals surface area contributed by atoms with Gasteiger partial charge in [0.05, 0.1) is 0 Å². The normalized spacial score (nSPS) is 12.0. The van der Waals surface area contributed by atoms with E-state index >= 15 is 0 Å². The molecule has 0 saturated heterocycles. The van der Waals surface area contributed by atoms with E-state index in [2.05, 4.69) is 18.2 Å². The summed E-state index contributed by atoms with van der Waals surface area (Å²) in [6.45, 7) is 0.462. The first-order chi connectivity index (χ1) is 12.8. The van der Waals surface area contributed by atoms with E-state index < -0.39 is 6.10 Å². The van der Waals surface area contributed by atoms with Gasteiger partial charge in [-0.15, -0.1) is 0 Å². The molecular formula is C24H20O2. The third-order valence-electron chi connectivity index (χ3n) is 4.53. The van der Waals surface area contributed by atoms with E-state index in [1.807, 2.05) is 78.9 Å². The number of ether oxygens (including phenoxy) is 1. The molecule has 4 aromatic rings. The molecule has 0 aromatic heterocycles. The minimum Gasteiger partial charge on any atom is -0.488 e. The van der Waals surface area contributed by atoms with Gasteiger partial charge in [0.15, 0.2) is 0 Å². The Balaban J connectivity index is 1.54. The molecular weight excluding hydrogens is 320 g/mol. The summed E-state index contributed by atoms with van der Waals surface area (Å²) in [5.74, 6) is 0.872. The molecule has 0 radical (unpaired) electrons. The van der Waals surface area contributed by atoms with Gasteiger partial charge < -0.3 is 9.84 Å². The second kappa shape index (κ2) is 7.42. The van der Waals surface area contributed by atoms with E-state index in [4.69, 9.17) is 4.74 Å². The fourth-order valence-corrected chi connectivity index (χ4v) is 3.16. The van der Waals surface area contributed by atoms with E-state index in [9.17, 15) is 5.11 Å². The van der Waals surface area contributed by atoms with Gasteiger partial charge in [0.1, 0.15) is 18.5 Å². The number of aliphatic hydroxyl groups is 1. The van der Waals surface area contributed by atoms with Crippen LogP contribution in [0.5, 0.6) is 5.75 Å². The highest BCUT2D eigenvalue weighted by Crippen LogP contribution is 2.27. The van der Waals surface area contributed by atoms with Crippen LogP contribution in [-0.2, 0) is 6.61 Å². The first kappa shape index (κ1) is 16.4. The summed E-state index contributed by atoms with van der Waals surface area (Å²) in [6, 6.07) is 31.9. The van der Waals surface area contributed by atoms with Crippen LogP contribution in [-0.4, -0.2) is 5.11 Å². The van der Waals surface area contributed by atoms with Gasteiger partial charge in [0, 0.05) is 5.39 Å². The average molecular weight is 340 g/mol. The highest BCUT2D eigenvalue weighted by Gasteiger charge is 2.10. The highest BCUT2D eigenvalue weighted by atomic mass is 16.5. The minimum absolute atomic E-state index is 0.462. The number of fused-ring (bicyclic) bond motifs is 1. The zero-order valence-electron chi connectivity index (χ0n) is 14.4. The molecule has 0 saturated carbocycles. The Kier molecular flexibility index (Phi) is 4.67. The van der Waals surface area contributed by atoms with E-state index in [-0.39, 0.29) is 0 Å². The second-order valence-electron chi connectivity index (χ2n) is 6.32. The number of rotatable bonds is 5. The predicted molar refractivity (Wildman–Crippen MR) is 105 cm³/mol. The van der Waals surface area contributed by atoms with Crippen molar-refractivity contribution in [1.82, 2.24) is 0 Å². The molecule has 0 heterocycles. The number of aliphatic hydroxyl groups excluding tert-OH is 1. The van der Waals surface area contributed by atoms with E-state index in [1.54, 1.807) is 0 Å². The first-order valence-corrected chi connectivity index (χ1v) is 8.74. The monoisotopic (exact) mass is 340 g/mol. The van der Waals surface area contributed by atoms with Crippen molar-refractivity contribution in [3.8, 4) is 5.75 Å². The third kappa shape index (κ3) is 3.46. The topological polar surface area (TPSA) is 29.5 Å². The summed E-state index contributed by atoms with van der Waals surface area (Å²) in [5.41, 5.74) is 2.79. The zero-order valence-corrected chi connectivity index (χ0v) is 14.4. The van der Waals surface area contributed by atoms with Gasteiger partial charge in [0.25, 0.3) is 0 Å². The summed E-state index contributed by atoms with van der Waals surface area (Å²) in [6.07, 6.45) is -0.631. The summed E-state index contributed by atoms with van der Waals surface area (Å²) in [7, 11) is 0. The molecule has 0 aliphatic rings. The van der Waals surface area contributed by atoms with Gasteiger partial charge in [0.2, 0.25) is 0 Å². The molecule has 2 heteroatoms. The van der Waals surface area contributed by atoms with Crippen LogP contribution in [0.3, 0.4) is 0 Å². The Morgan fingerprint density at radius 1 is 0.692 bits per heavy atom. The van der Waals surface area contributed by atoms with Crippen molar-refractivity contribution in [3.63, 3.8) is 0 Å². The summed E-state index contributed by atoms with van der Waals surface area (Å²) < 4.78 is 6.06. The maximum absolute atomic E-state index is 10.6. The van der Waals surface area contributed by atoms with Crippen LogP contribution < -0.4 is 4.74 Å². The van der Waals surface area contributed by atoms with Crippen molar-refractivity contribution in [2.75, 3.05) is 0 Å². The second-order valence-corrected chi connectivity index (χ2v) is 6.32. The lowest BCUT2D eigenvalue weighted by Gasteiger charge is -2.14. The van der Waals surface area contributed by atoms with Crippen LogP contribution in [0, 0.1) is 0 Å². The predicted octanol–water partition coefficient (Wildman–Crippen LogP) is 5.50. The summed E-state index contributed by atoms with van der Waals surface area (Å²) in [4.78, 5) is 0. The van der Waals surface area contributed by atoms with Crippen molar-refractivity contribution in [2.45, 2.75) is 12.7 Å². The van der Waals surface area contributed by atoms with Crippen molar-refractivity contribution in [2.24, 2.45) is 0 Å². The fourth-order valence-electron chi connectivity index (χ4n) is 3.16. The Labute approximate surface area is 153 Å². The lowest BCUT2D eigenvalue weighted by Crippen LogP contribution is -2.02. The van der Waals surface area contributed by atoms with Crippen LogP contribution in [0.4, 0.5) is 0 Å². The van der Waals surface area contributed by atoms with Crippen LogP contribution in [0.25, 0.3) is 10.8 Å². The molecule has 0 fully saturated rings. The van der Waals surface area contributed by atoms with Crippen molar-refractivity contribution in [3.05, 3.63) is 114 Å². The Morgan fingerprint density at radius 2 is 1.38 bits per heavy atom. The molecule has 0 spiro atoms. The SMILES string of the molecule is OC(c1ccccc1)c1cccc(COc2cccc3ccccc23)c1. The van der Waals surface area contributed by atoms with Crippen molar-refractivity contribution < 1.29 is 9.84 Å². The molecule has 1 N–H and O–H groups in total. The number of benzene rings is 4. The Bertz CT molecular complexity index is 1000. The Morgan fingerprint density at radius 3 is 2.27 bits per heavy atom. The number of hydrogen-bond donors (Lipinski definition) is 1. The van der Waals surface area contributed by atoms with Gasteiger partial charge in [-0.3, -0.25) is 0 Å². The standard InChI is InChI=1S/C24H20O2/c25-24(20-10-2-1-3-11-20)21-13-6-8-18(16-21)17-26-23-15-7-12-19-9-4-5-14-22(19)23/h1-16,24-25H,17H2. The lowest BCUT2D eigenvalue weighted by atomic mass is 10.00. The molecule has 0 amide bonds. The minimum atomic E-state index is -0.631. The molecule has 4 aromatic carbocycles. The van der Waals surface area contributed by atoms with E-state index in [0.29, 0.717) is 6.61 Å². The zero-order chi connectivity index (χ0) is 17.8. The number of hydrogen-bond acceptors (Lipinski definition) is 2. The smallest absolute Gasteiger partial charge is 0.127 e. The molecule has 0 bridgehead atoms. The average Bonchev–Trinajstić information content (AvgIpc) is 2.72. The molecule has 4 rings (SSSR count). The molecule has 26 heavy (non-hydrogen) atoms. The molecule has 1 unspecified atom stereocenters. The van der Waals surface area contributed by atoms with Crippen molar-refractivity contribution in [1.29, 1.82) is 0 Å². The quantitative estimate of drug-likeness (QED) is 0.520. The van der Waals surface area contributed by atoms with Gasteiger partial charge in [-0.2, -0.15) is 0 Å². The maximum Gasteiger partial charge on any atom is 0.127 e. The largest absolute Gasteiger partial charge is 0.488 e. The molecule has 0 aliphatic carbocycles. The van der Waals surface area contributed by atoms with Crippen LogP contribution >= 0.6 is 0 Å². The highest BCUT2D eigenvalue weighted by molar-refractivity contribution is 5.88. The van der Waals surface area contributed by atoms with Crippen LogP contribution in [0.15, 0.2) is 97.1 Å². The Hall–Kier alpha value is -3.10. The summed E-state index contributed by atoms with van der Waals surface area (Å²) in [5, 5.41) is 12.9. The van der Waals surface area contributed by atoms with Crippen LogP contribution in [0.1, 0.15) is 22.8 Å². The molecule has 2 nitrogen and oxygen atoms in total. The summed E-state index contributed by atoms with van der Waals surface area (Å²) >= 11 is 0. The lowest BCUT2D eigenvalue weighted by molar-refractivity contribution is 0.220. The maximum atomic E-state index is 10.6. The van der Waals surface area contributed by atoms with Crippen molar-refractivity contribution >= 4 is 10.8 Å². The first-order valence-electron chi connectivity index (χ1n) is 8.74. The van der Waals surface area contributed by atoms with Gasteiger partial charge in [-0.1, -0.05) is 84.9 Å². The van der Waals surface area contributed by atoms with E-state index in [0.717, 1.165) is 27.8 Å². The van der Waals surface area contributed by atoms with Gasteiger partial charge in [-0.25, -0.2) is 0 Å². The van der Waals surface area contributed by atoms with E-state index in [1.165, 1.54) is 5.39 Å². The third-order valence-corrected chi connectivity index (χ3v) is 4.53. The molecule has 0 aliphatic heterocycles. The fraction of sp³-hybridized carbons (Fsp3) is 0.0833. The molecule has 1 atom stereocenters. The molecule has 128 valence electrons.